The van der Waals surface area contributed by atoms with Crippen molar-refractivity contribution in [1.82, 2.24) is 10.6 Å². The third-order valence-electron chi connectivity index (χ3n) is 3.86. The second-order valence-corrected chi connectivity index (χ2v) is 5.79. The Hall–Kier alpha value is -1.43. The fourth-order valence-electron chi connectivity index (χ4n) is 2.52. The Morgan fingerprint density at radius 3 is 3.10 bits per heavy atom. The fraction of sp³-hybridized carbons (Fsp3) is 0.562. The third kappa shape index (κ3) is 4.27. The molecule has 1 aliphatic rings. The Morgan fingerprint density at radius 1 is 1.52 bits per heavy atom. The van der Waals surface area contributed by atoms with E-state index < -0.39 is 5.60 Å². The number of amides is 1. The summed E-state index contributed by atoms with van der Waals surface area (Å²) in [4.78, 5) is 12.4. The number of benzene rings is 1. The molecule has 21 heavy (non-hydrogen) atoms. The van der Waals surface area contributed by atoms with Crippen molar-refractivity contribution in [2.45, 2.75) is 31.9 Å². The summed E-state index contributed by atoms with van der Waals surface area (Å²) in [6.45, 7) is 4.09. The normalized spacial score (nSPS) is 16.9. The minimum Gasteiger partial charge on any atom is -0.388 e. The molecule has 1 atom stereocenters. The first kappa shape index (κ1) is 15.9. The van der Waals surface area contributed by atoms with Gasteiger partial charge in [0.15, 0.2) is 0 Å². The highest BCUT2D eigenvalue weighted by Gasteiger charge is 2.23. The van der Waals surface area contributed by atoms with E-state index in [1.807, 2.05) is 18.2 Å². The molecule has 0 radical (unpaired) electrons. The predicted octanol–water partition coefficient (Wildman–Crippen LogP) is 0.850. The highest BCUT2D eigenvalue weighted by atomic mass is 16.5. The van der Waals surface area contributed by atoms with Gasteiger partial charge in [-0.05, 0) is 37.1 Å². The standard InChI is InChI=1S/C16H24N2O3/c1-16(20,7-9-21-2)11-18-15(19)14-5-3-4-12-10-17-8-6-13(12)14/h3-5,17,20H,6-11H2,1-2H3,(H,18,19). The molecule has 0 bridgehead atoms. The van der Waals surface area contributed by atoms with Gasteiger partial charge in [-0.3, -0.25) is 4.79 Å². The smallest absolute Gasteiger partial charge is 0.251 e. The number of aliphatic hydroxyl groups is 1. The van der Waals surface area contributed by atoms with Gasteiger partial charge in [0.1, 0.15) is 0 Å². The van der Waals surface area contributed by atoms with E-state index >= 15 is 0 Å². The monoisotopic (exact) mass is 292 g/mol. The number of rotatable bonds is 6. The van der Waals surface area contributed by atoms with Crippen LogP contribution >= 0.6 is 0 Å². The SMILES string of the molecule is COCCC(C)(O)CNC(=O)c1cccc2c1CCNC2. The maximum atomic E-state index is 12.4. The van der Waals surface area contributed by atoms with E-state index in [9.17, 15) is 9.90 Å². The number of hydrogen-bond donors (Lipinski definition) is 3. The molecule has 0 saturated carbocycles. The maximum absolute atomic E-state index is 12.4. The molecule has 3 N–H and O–H groups in total. The highest BCUT2D eigenvalue weighted by molar-refractivity contribution is 5.96. The summed E-state index contributed by atoms with van der Waals surface area (Å²) >= 11 is 0. The fourth-order valence-corrected chi connectivity index (χ4v) is 2.52. The first-order valence-electron chi connectivity index (χ1n) is 7.34. The molecule has 0 spiro atoms. The Kier molecular flexibility index (Phi) is 5.33. The molecule has 1 aromatic rings. The third-order valence-corrected chi connectivity index (χ3v) is 3.86. The number of carbonyl (C=O) groups excluding carboxylic acids is 1. The maximum Gasteiger partial charge on any atom is 0.251 e. The second-order valence-electron chi connectivity index (χ2n) is 5.79. The Labute approximate surface area is 125 Å². The van der Waals surface area contributed by atoms with Crippen LogP contribution in [0.4, 0.5) is 0 Å². The highest BCUT2D eigenvalue weighted by Crippen LogP contribution is 2.19. The van der Waals surface area contributed by atoms with Gasteiger partial charge < -0.3 is 20.5 Å². The van der Waals surface area contributed by atoms with Crippen LogP contribution in [0, 0.1) is 0 Å². The van der Waals surface area contributed by atoms with Crippen molar-refractivity contribution in [1.29, 1.82) is 0 Å². The van der Waals surface area contributed by atoms with Crippen LogP contribution < -0.4 is 10.6 Å². The molecule has 1 unspecified atom stereocenters. The van der Waals surface area contributed by atoms with E-state index in [4.69, 9.17) is 4.74 Å². The number of carbonyl (C=O) groups is 1. The van der Waals surface area contributed by atoms with Crippen molar-refractivity contribution in [3.63, 3.8) is 0 Å². The second kappa shape index (κ2) is 7.02. The molecule has 1 heterocycles. The molecule has 1 aliphatic heterocycles. The molecular formula is C16H24N2O3. The molecule has 116 valence electrons. The van der Waals surface area contributed by atoms with E-state index in [-0.39, 0.29) is 12.5 Å². The van der Waals surface area contributed by atoms with Gasteiger partial charge in [-0.2, -0.15) is 0 Å². The Balaban J connectivity index is 2.01. The van der Waals surface area contributed by atoms with Crippen molar-refractivity contribution in [3.8, 4) is 0 Å². The molecule has 0 aliphatic carbocycles. The van der Waals surface area contributed by atoms with Crippen LogP contribution in [0.25, 0.3) is 0 Å². The predicted molar refractivity (Wildman–Crippen MR) is 81.3 cm³/mol. The molecule has 5 heteroatoms. The topological polar surface area (TPSA) is 70.6 Å². The molecule has 1 aromatic carbocycles. The lowest BCUT2D eigenvalue weighted by atomic mass is 9.95. The minimum atomic E-state index is -0.956. The number of methoxy groups -OCH3 is 1. The number of nitrogens with one attached hydrogen (secondary N) is 2. The van der Waals surface area contributed by atoms with Crippen LogP contribution in [0.5, 0.6) is 0 Å². The molecule has 0 saturated heterocycles. The molecule has 0 fully saturated rings. The summed E-state index contributed by atoms with van der Waals surface area (Å²) in [7, 11) is 1.60. The molecule has 0 aromatic heterocycles. The largest absolute Gasteiger partial charge is 0.388 e. The lowest BCUT2D eigenvalue weighted by molar-refractivity contribution is 0.0243. The number of hydrogen-bond acceptors (Lipinski definition) is 4. The average molecular weight is 292 g/mol. The zero-order chi connectivity index (χ0) is 15.3. The van der Waals surface area contributed by atoms with Crippen molar-refractivity contribution in [2.75, 3.05) is 26.8 Å². The lowest BCUT2D eigenvalue weighted by Crippen LogP contribution is -2.41. The van der Waals surface area contributed by atoms with E-state index in [1.54, 1.807) is 14.0 Å². The van der Waals surface area contributed by atoms with Crippen LogP contribution in [-0.4, -0.2) is 43.4 Å². The zero-order valence-electron chi connectivity index (χ0n) is 12.7. The van der Waals surface area contributed by atoms with Crippen molar-refractivity contribution < 1.29 is 14.6 Å². The van der Waals surface area contributed by atoms with Crippen LogP contribution in [-0.2, 0) is 17.7 Å². The van der Waals surface area contributed by atoms with Crippen LogP contribution in [0.15, 0.2) is 18.2 Å². The van der Waals surface area contributed by atoms with Gasteiger partial charge in [-0.15, -0.1) is 0 Å². The van der Waals surface area contributed by atoms with Crippen molar-refractivity contribution in [2.24, 2.45) is 0 Å². The van der Waals surface area contributed by atoms with Gasteiger partial charge in [0.2, 0.25) is 0 Å². The number of ether oxygens (including phenoxy) is 1. The first-order valence-corrected chi connectivity index (χ1v) is 7.34. The van der Waals surface area contributed by atoms with Gasteiger partial charge in [0, 0.05) is 38.8 Å². The van der Waals surface area contributed by atoms with Crippen molar-refractivity contribution >= 4 is 5.91 Å². The summed E-state index contributed by atoms with van der Waals surface area (Å²) in [5.41, 5.74) is 2.06. The molecule has 2 rings (SSSR count). The quantitative estimate of drug-likeness (QED) is 0.727. The van der Waals surface area contributed by atoms with E-state index in [1.165, 1.54) is 5.56 Å². The van der Waals surface area contributed by atoms with E-state index in [0.717, 1.165) is 30.6 Å². The Bertz CT molecular complexity index is 500. The molecular weight excluding hydrogens is 268 g/mol. The minimum absolute atomic E-state index is 0.119. The number of fused-ring (bicyclic) bond motifs is 1. The first-order chi connectivity index (χ1) is 10.0. The summed E-state index contributed by atoms with van der Waals surface area (Å²) in [6.07, 6.45) is 1.35. The summed E-state index contributed by atoms with van der Waals surface area (Å²) in [5.74, 6) is -0.119. The van der Waals surface area contributed by atoms with Crippen LogP contribution in [0.3, 0.4) is 0 Å². The van der Waals surface area contributed by atoms with Crippen LogP contribution in [0.2, 0.25) is 0 Å². The summed E-state index contributed by atoms with van der Waals surface area (Å²) in [6, 6.07) is 5.81. The zero-order valence-corrected chi connectivity index (χ0v) is 12.7. The Morgan fingerprint density at radius 2 is 2.33 bits per heavy atom. The van der Waals surface area contributed by atoms with Crippen LogP contribution in [0.1, 0.15) is 34.8 Å². The van der Waals surface area contributed by atoms with Gasteiger partial charge in [0.05, 0.1) is 5.60 Å². The summed E-state index contributed by atoms with van der Waals surface area (Å²) in [5, 5.41) is 16.3. The summed E-state index contributed by atoms with van der Waals surface area (Å²) < 4.78 is 4.96. The van der Waals surface area contributed by atoms with Gasteiger partial charge in [-0.25, -0.2) is 0 Å². The van der Waals surface area contributed by atoms with E-state index in [0.29, 0.717) is 13.0 Å². The lowest BCUT2D eigenvalue weighted by Gasteiger charge is -2.24. The van der Waals surface area contributed by atoms with Gasteiger partial charge in [-0.1, -0.05) is 12.1 Å². The molecule has 5 nitrogen and oxygen atoms in total. The average Bonchev–Trinajstić information content (AvgIpc) is 2.50. The van der Waals surface area contributed by atoms with Crippen molar-refractivity contribution in [3.05, 3.63) is 34.9 Å². The van der Waals surface area contributed by atoms with Gasteiger partial charge >= 0.3 is 0 Å². The molecule has 1 amide bonds. The van der Waals surface area contributed by atoms with E-state index in [2.05, 4.69) is 10.6 Å². The van der Waals surface area contributed by atoms with Gasteiger partial charge in [0.25, 0.3) is 5.91 Å².